The fourth-order valence-electron chi connectivity index (χ4n) is 6.32. The predicted octanol–water partition coefficient (Wildman–Crippen LogP) is 5.33. The molecule has 0 saturated carbocycles. The van der Waals surface area contributed by atoms with Gasteiger partial charge in [-0.25, -0.2) is 0 Å². The van der Waals surface area contributed by atoms with E-state index in [4.69, 9.17) is 24.7 Å². The maximum absolute atomic E-state index is 10.9. The van der Waals surface area contributed by atoms with Crippen molar-refractivity contribution in [1.29, 1.82) is 0 Å². The van der Waals surface area contributed by atoms with Gasteiger partial charge in [0.1, 0.15) is 12.2 Å². The summed E-state index contributed by atoms with van der Waals surface area (Å²) in [5, 5.41) is 10.9. The Kier molecular flexibility index (Phi) is 12.4. The highest BCUT2D eigenvalue weighted by Gasteiger charge is 2.68. The van der Waals surface area contributed by atoms with Gasteiger partial charge in [0.2, 0.25) is 5.79 Å². The Morgan fingerprint density at radius 3 is 2.33 bits per heavy atom. The molecule has 0 aromatic heterocycles. The van der Waals surface area contributed by atoms with Crippen LogP contribution in [0.15, 0.2) is 0 Å². The Morgan fingerprint density at radius 2 is 1.67 bits per heavy atom. The van der Waals surface area contributed by atoms with Crippen LogP contribution in [0.4, 0.5) is 0 Å². The lowest BCUT2D eigenvalue weighted by Gasteiger charge is -2.42. The van der Waals surface area contributed by atoms with Gasteiger partial charge in [-0.15, -0.1) is 0 Å². The second kappa shape index (κ2) is 14.8. The minimum absolute atomic E-state index is 0.374. The molecule has 0 amide bonds. The molecule has 0 aliphatic carbocycles. The number of fused-ring (bicyclic) bond motifs is 1. The number of rotatable bonds is 16. The molecule has 2 unspecified atom stereocenters. The van der Waals surface area contributed by atoms with E-state index in [-0.39, 0.29) is 6.10 Å². The first-order valence-corrected chi connectivity index (χ1v) is 15.1. The molecule has 6 atom stereocenters. The molecule has 3 rings (SSSR count). The SMILES string of the molecule is CCCCCCCCCCCCOC(N1CCCCC(CCN)C1)[C@@]12O[C@@H](C)[C@@H](O)[C@@H]1OC(C)(C)O2. The number of aliphatic hydroxyl groups is 1. The fraction of sp³-hybridized carbons (Fsp3) is 1.00. The number of nitrogens with zero attached hydrogens (tertiary/aromatic N) is 1. The maximum atomic E-state index is 10.9. The van der Waals surface area contributed by atoms with Gasteiger partial charge >= 0.3 is 0 Å². The van der Waals surface area contributed by atoms with Crippen molar-refractivity contribution in [3.8, 4) is 0 Å². The van der Waals surface area contributed by atoms with Crippen LogP contribution in [0.25, 0.3) is 0 Å². The lowest BCUT2D eigenvalue weighted by atomic mass is 9.99. The van der Waals surface area contributed by atoms with Gasteiger partial charge in [0.15, 0.2) is 12.0 Å². The summed E-state index contributed by atoms with van der Waals surface area (Å²) in [5.41, 5.74) is 5.94. The zero-order valence-electron chi connectivity index (χ0n) is 23.7. The van der Waals surface area contributed by atoms with Crippen molar-refractivity contribution in [3.63, 3.8) is 0 Å². The van der Waals surface area contributed by atoms with Crippen molar-refractivity contribution in [2.45, 2.75) is 154 Å². The Morgan fingerprint density at radius 1 is 1.00 bits per heavy atom. The second-order valence-electron chi connectivity index (χ2n) is 11.9. The van der Waals surface area contributed by atoms with Crippen molar-refractivity contribution in [2.24, 2.45) is 11.7 Å². The van der Waals surface area contributed by atoms with E-state index in [1.165, 1.54) is 70.6 Å². The highest BCUT2D eigenvalue weighted by molar-refractivity contribution is 5.05. The lowest BCUT2D eigenvalue weighted by molar-refractivity contribution is -0.325. The first-order chi connectivity index (χ1) is 17.3. The Hall–Kier alpha value is -0.280. The van der Waals surface area contributed by atoms with Gasteiger partial charge in [0.25, 0.3) is 0 Å². The van der Waals surface area contributed by atoms with Crippen molar-refractivity contribution >= 4 is 0 Å². The molecule has 3 saturated heterocycles. The van der Waals surface area contributed by atoms with Gasteiger partial charge in [-0.05, 0) is 58.9 Å². The molecule has 3 fully saturated rings. The molecule has 0 aromatic carbocycles. The van der Waals surface area contributed by atoms with E-state index in [0.717, 1.165) is 32.4 Å². The minimum Gasteiger partial charge on any atom is -0.387 e. The molecule has 0 spiro atoms. The third kappa shape index (κ3) is 8.11. The predicted molar refractivity (Wildman–Crippen MR) is 143 cm³/mol. The van der Waals surface area contributed by atoms with Crippen molar-refractivity contribution < 1.29 is 24.1 Å². The van der Waals surface area contributed by atoms with Crippen molar-refractivity contribution in [3.05, 3.63) is 0 Å². The van der Waals surface area contributed by atoms with E-state index in [0.29, 0.717) is 19.1 Å². The third-order valence-corrected chi connectivity index (χ3v) is 8.20. The molecular weight excluding hydrogens is 456 g/mol. The highest BCUT2D eigenvalue weighted by Crippen LogP contribution is 2.49. The third-order valence-electron chi connectivity index (χ3n) is 8.20. The Balaban J connectivity index is 1.60. The average Bonchev–Trinajstić information content (AvgIpc) is 3.09. The summed E-state index contributed by atoms with van der Waals surface area (Å²) < 4.78 is 25.8. The summed E-state index contributed by atoms with van der Waals surface area (Å²) in [7, 11) is 0. The first-order valence-electron chi connectivity index (χ1n) is 15.1. The van der Waals surface area contributed by atoms with Gasteiger partial charge in [-0.3, -0.25) is 4.90 Å². The number of hydrogen-bond acceptors (Lipinski definition) is 7. The largest absolute Gasteiger partial charge is 0.387 e. The van der Waals surface area contributed by atoms with Crippen LogP contribution in [0.5, 0.6) is 0 Å². The van der Waals surface area contributed by atoms with E-state index in [2.05, 4.69) is 11.8 Å². The first kappa shape index (κ1) is 30.3. The summed E-state index contributed by atoms with van der Waals surface area (Å²) in [4.78, 5) is 2.39. The molecule has 3 heterocycles. The van der Waals surface area contributed by atoms with Gasteiger partial charge in [-0.1, -0.05) is 71.1 Å². The van der Waals surface area contributed by atoms with E-state index in [1.54, 1.807) is 0 Å². The molecule has 212 valence electrons. The zero-order valence-corrected chi connectivity index (χ0v) is 23.7. The van der Waals surface area contributed by atoms with Crippen LogP contribution in [0, 0.1) is 5.92 Å². The standard InChI is InChI=1S/C29H56N2O5/c1-5-6-7-8-9-10-11-12-13-16-21-33-27(31-20-15-14-17-24(22-31)18-19-30)29-26(25(32)23(2)34-29)35-28(3,4)36-29/h23-27,32H,5-22,30H2,1-4H3/t23-,24?,25+,26-,27?,29+/m0/s1. The Bertz CT molecular complexity index is 620. The molecule has 3 N–H and O–H groups in total. The summed E-state index contributed by atoms with van der Waals surface area (Å²) in [6.07, 6.45) is 15.3. The van der Waals surface area contributed by atoms with E-state index in [1.807, 2.05) is 20.8 Å². The van der Waals surface area contributed by atoms with E-state index >= 15 is 0 Å². The Labute approximate surface area is 220 Å². The number of nitrogens with two attached hydrogens (primary N) is 1. The zero-order chi connectivity index (χ0) is 26.0. The number of unbranched alkanes of at least 4 members (excludes halogenated alkanes) is 9. The fourth-order valence-corrected chi connectivity index (χ4v) is 6.32. The summed E-state index contributed by atoms with van der Waals surface area (Å²) in [5.74, 6) is -1.43. The lowest BCUT2D eigenvalue weighted by Crippen LogP contribution is -2.60. The van der Waals surface area contributed by atoms with E-state index in [9.17, 15) is 5.11 Å². The summed E-state index contributed by atoms with van der Waals surface area (Å²) >= 11 is 0. The van der Waals surface area contributed by atoms with Crippen LogP contribution < -0.4 is 5.73 Å². The van der Waals surface area contributed by atoms with Gasteiger partial charge < -0.3 is 29.8 Å². The number of ether oxygens (including phenoxy) is 4. The van der Waals surface area contributed by atoms with Gasteiger partial charge in [0.05, 0.1) is 6.10 Å². The van der Waals surface area contributed by atoms with Crippen LogP contribution in [-0.2, 0) is 18.9 Å². The number of hydrogen-bond donors (Lipinski definition) is 2. The monoisotopic (exact) mass is 512 g/mol. The average molecular weight is 513 g/mol. The normalized spacial score (nSPS) is 33.5. The molecule has 0 radical (unpaired) electrons. The smallest absolute Gasteiger partial charge is 0.241 e. The molecular formula is C29H56N2O5. The molecule has 0 aromatic rings. The van der Waals surface area contributed by atoms with Crippen molar-refractivity contribution in [2.75, 3.05) is 26.2 Å². The highest BCUT2D eigenvalue weighted by atomic mass is 16.9. The van der Waals surface area contributed by atoms with Crippen LogP contribution in [0.3, 0.4) is 0 Å². The topological polar surface area (TPSA) is 86.4 Å². The molecule has 0 bridgehead atoms. The summed E-state index contributed by atoms with van der Waals surface area (Å²) in [6.45, 7) is 11.2. The van der Waals surface area contributed by atoms with Crippen LogP contribution in [0.1, 0.15) is 118 Å². The number of aliphatic hydroxyl groups excluding tert-OH is 1. The van der Waals surface area contributed by atoms with Crippen molar-refractivity contribution in [1.82, 2.24) is 4.90 Å². The molecule has 3 aliphatic heterocycles. The second-order valence-corrected chi connectivity index (χ2v) is 11.9. The maximum Gasteiger partial charge on any atom is 0.241 e. The van der Waals surface area contributed by atoms with Gasteiger partial charge in [0, 0.05) is 19.7 Å². The van der Waals surface area contributed by atoms with Crippen LogP contribution in [0.2, 0.25) is 0 Å². The molecule has 3 aliphatic rings. The quantitative estimate of drug-likeness (QED) is 0.270. The van der Waals surface area contributed by atoms with Crippen LogP contribution in [-0.4, -0.2) is 72.4 Å². The summed E-state index contributed by atoms with van der Waals surface area (Å²) in [6, 6.07) is 0. The minimum atomic E-state index is -1.13. The van der Waals surface area contributed by atoms with Gasteiger partial charge in [-0.2, -0.15) is 0 Å². The molecule has 7 heteroatoms. The van der Waals surface area contributed by atoms with Crippen LogP contribution >= 0.6 is 0 Å². The van der Waals surface area contributed by atoms with E-state index < -0.39 is 30.0 Å². The molecule has 7 nitrogen and oxygen atoms in total. The number of likely N-dealkylation sites (tertiary alicyclic amines) is 1. The molecule has 36 heavy (non-hydrogen) atoms.